The largest absolute Gasteiger partial charge is 0.356 e. The third kappa shape index (κ3) is 3.48. The second-order valence-corrected chi connectivity index (χ2v) is 4.62. The molecule has 1 aliphatic heterocycles. The van der Waals surface area contributed by atoms with Crippen LogP contribution in [-0.2, 0) is 6.42 Å². The first-order chi connectivity index (χ1) is 8.25. The van der Waals surface area contributed by atoms with Gasteiger partial charge in [0.05, 0.1) is 0 Å². The number of rotatable bonds is 3. The zero-order chi connectivity index (χ0) is 12.1. The van der Waals surface area contributed by atoms with Crippen molar-refractivity contribution >= 4 is 5.96 Å². The van der Waals surface area contributed by atoms with Crippen LogP contribution >= 0.6 is 0 Å². The van der Waals surface area contributed by atoms with Gasteiger partial charge in [-0.2, -0.15) is 0 Å². The molecule has 2 rings (SSSR count). The monoisotopic (exact) mass is 231 g/mol. The van der Waals surface area contributed by atoms with Crippen LogP contribution in [0.15, 0.2) is 23.2 Å². The van der Waals surface area contributed by atoms with Crippen molar-refractivity contribution in [1.29, 1.82) is 0 Å². The molecule has 0 saturated heterocycles. The maximum Gasteiger partial charge on any atom is 0.191 e. The highest BCUT2D eigenvalue weighted by molar-refractivity contribution is 5.80. The Labute approximate surface area is 103 Å². The fourth-order valence-corrected chi connectivity index (χ4v) is 2.09. The summed E-state index contributed by atoms with van der Waals surface area (Å²) in [5.74, 6) is 0.959. The summed E-state index contributed by atoms with van der Waals surface area (Å²) in [6, 6.07) is 6.65. The molecule has 0 atom stereocenters. The van der Waals surface area contributed by atoms with Gasteiger partial charge in [0, 0.05) is 19.6 Å². The van der Waals surface area contributed by atoms with Crippen molar-refractivity contribution in [2.75, 3.05) is 19.6 Å². The predicted molar refractivity (Wildman–Crippen MR) is 72.5 cm³/mol. The van der Waals surface area contributed by atoms with E-state index in [0.717, 1.165) is 38.4 Å². The molecule has 17 heavy (non-hydrogen) atoms. The molecule has 0 saturated carbocycles. The number of hydrogen-bond acceptors (Lipinski definition) is 3. The molecule has 0 radical (unpaired) electrons. The van der Waals surface area contributed by atoms with E-state index < -0.39 is 0 Å². The number of nitrogens with one attached hydrogen (secondary N) is 2. The Morgan fingerprint density at radius 3 is 2.94 bits per heavy atom. The first-order valence-corrected chi connectivity index (χ1v) is 6.34. The average Bonchev–Trinajstić information content (AvgIpc) is 2.33. The van der Waals surface area contributed by atoms with Crippen LogP contribution in [0.1, 0.15) is 23.1 Å². The number of guanidine groups is 1. The van der Waals surface area contributed by atoms with E-state index in [2.05, 4.69) is 47.7 Å². The number of aliphatic imine (C=N–C) groups is 1. The highest BCUT2D eigenvalue weighted by Crippen LogP contribution is 2.10. The van der Waals surface area contributed by atoms with Crippen LogP contribution in [0.2, 0.25) is 0 Å². The maximum absolute atomic E-state index is 4.39. The van der Waals surface area contributed by atoms with Crippen molar-refractivity contribution in [3.05, 3.63) is 34.9 Å². The van der Waals surface area contributed by atoms with E-state index in [1.54, 1.807) is 0 Å². The summed E-state index contributed by atoms with van der Waals surface area (Å²) < 4.78 is 0. The molecule has 0 spiro atoms. The van der Waals surface area contributed by atoms with Crippen LogP contribution in [0.3, 0.4) is 0 Å². The second-order valence-electron chi connectivity index (χ2n) is 4.62. The van der Waals surface area contributed by atoms with Crippen LogP contribution in [0.5, 0.6) is 0 Å². The van der Waals surface area contributed by atoms with Gasteiger partial charge in [-0.3, -0.25) is 4.99 Å². The van der Waals surface area contributed by atoms with E-state index in [9.17, 15) is 0 Å². The minimum Gasteiger partial charge on any atom is -0.356 e. The highest BCUT2D eigenvalue weighted by Gasteiger charge is 2.03. The van der Waals surface area contributed by atoms with Crippen molar-refractivity contribution < 1.29 is 0 Å². The Morgan fingerprint density at radius 2 is 2.24 bits per heavy atom. The molecule has 1 aromatic rings. The Kier molecular flexibility index (Phi) is 4.02. The van der Waals surface area contributed by atoms with E-state index in [1.807, 2.05) is 0 Å². The zero-order valence-corrected chi connectivity index (χ0v) is 10.7. The minimum atomic E-state index is 0.940. The molecule has 0 aliphatic carbocycles. The molecule has 1 heterocycles. The minimum absolute atomic E-state index is 0.940. The summed E-state index contributed by atoms with van der Waals surface area (Å²) in [5.41, 5.74) is 4.13. The molecule has 0 bridgehead atoms. The van der Waals surface area contributed by atoms with E-state index in [1.165, 1.54) is 16.7 Å². The van der Waals surface area contributed by atoms with Crippen LogP contribution in [0, 0.1) is 13.8 Å². The van der Waals surface area contributed by atoms with Gasteiger partial charge in [-0.1, -0.05) is 23.8 Å². The first-order valence-electron chi connectivity index (χ1n) is 6.34. The number of aryl methyl sites for hydroxylation is 2. The van der Waals surface area contributed by atoms with Gasteiger partial charge < -0.3 is 10.6 Å². The van der Waals surface area contributed by atoms with Crippen molar-refractivity contribution in [2.24, 2.45) is 4.99 Å². The lowest BCUT2D eigenvalue weighted by atomic mass is 10.0. The fourth-order valence-electron chi connectivity index (χ4n) is 2.09. The Bertz CT molecular complexity index is 410. The lowest BCUT2D eigenvalue weighted by Gasteiger charge is -2.16. The van der Waals surface area contributed by atoms with Crippen molar-refractivity contribution in [3.63, 3.8) is 0 Å². The molecule has 0 amide bonds. The average molecular weight is 231 g/mol. The Morgan fingerprint density at radius 1 is 1.35 bits per heavy atom. The Balaban J connectivity index is 1.83. The van der Waals surface area contributed by atoms with Gasteiger partial charge in [0.2, 0.25) is 0 Å². The van der Waals surface area contributed by atoms with E-state index in [0.29, 0.717) is 0 Å². The molecule has 0 aromatic heterocycles. The quantitative estimate of drug-likeness (QED) is 0.832. The topological polar surface area (TPSA) is 36.4 Å². The normalized spacial score (nSPS) is 15.1. The van der Waals surface area contributed by atoms with E-state index >= 15 is 0 Å². The lowest BCUT2D eigenvalue weighted by Crippen LogP contribution is -2.41. The van der Waals surface area contributed by atoms with Crippen molar-refractivity contribution in [2.45, 2.75) is 26.7 Å². The van der Waals surface area contributed by atoms with Gasteiger partial charge in [0.25, 0.3) is 0 Å². The van der Waals surface area contributed by atoms with Gasteiger partial charge in [-0.05, 0) is 37.8 Å². The second kappa shape index (κ2) is 5.71. The van der Waals surface area contributed by atoms with Gasteiger partial charge in [-0.15, -0.1) is 0 Å². The molecule has 0 fully saturated rings. The molecule has 3 heteroatoms. The molecule has 3 nitrogen and oxygen atoms in total. The highest BCUT2D eigenvalue weighted by atomic mass is 15.2. The SMILES string of the molecule is Cc1ccc(CCNC2=NCCCN2)c(C)c1. The van der Waals surface area contributed by atoms with E-state index in [-0.39, 0.29) is 0 Å². The number of hydrogen-bond donors (Lipinski definition) is 2. The predicted octanol–water partition coefficient (Wildman–Crippen LogP) is 1.78. The summed E-state index contributed by atoms with van der Waals surface area (Å²) in [5, 5.41) is 6.62. The van der Waals surface area contributed by atoms with Crippen LogP contribution in [0.4, 0.5) is 0 Å². The molecule has 92 valence electrons. The molecular formula is C14H21N3. The third-order valence-corrected chi connectivity index (χ3v) is 3.08. The number of nitrogens with zero attached hydrogens (tertiary/aromatic N) is 1. The van der Waals surface area contributed by atoms with Gasteiger partial charge in [0.1, 0.15) is 0 Å². The molecule has 1 aromatic carbocycles. The Hall–Kier alpha value is -1.51. The van der Waals surface area contributed by atoms with Crippen LogP contribution in [0.25, 0.3) is 0 Å². The molecule has 2 N–H and O–H groups in total. The standard InChI is InChI=1S/C14H21N3/c1-11-4-5-13(12(2)10-11)6-9-17-14-15-7-3-8-16-14/h4-5,10H,3,6-9H2,1-2H3,(H2,15,16,17). The van der Waals surface area contributed by atoms with Gasteiger partial charge in [0.15, 0.2) is 5.96 Å². The zero-order valence-electron chi connectivity index (χ0n) is 10.7. The van der Waals surface area contributed by atoms with Gasteiger partial charge >= 0.3 is 0 Å². The van der Waals surface area contributed by atoms with Crippen molar-refractivity contribution in [1.82, 2.24) is 10.6 Å². The fraction of sp³-hybridized carbons (Fsp3) is 0.500. The first kappa shape index (κ1) is 12.0. The third-order valence-electron chi connectivity index (χ3n) is 3.08. The summed E-state index contributed by atoms with van der Waals surface area (Å²) in [6.45, 7) is 7.23. The lowest BCUT2D eigenvalue weighted by molar-refractivity contribution is 0.700. The molecule has 0 unspecified atom stereocenters. The number of benzene rings is 1. The van der Waals surface area contributed by atoms with Crippen molar-refractivity contribution in [3.8, 4) is 0 Å². The maximum atomic E-state index is 4.39. The molecular weight excluding hydrogens is 210 g/mol. The summed E-state index contributed by atoms with van der Waals surface area (Å²) >= 11 is 0. The van der Waals surface area contributed by atoms with E-state index in [4.69, 9.17) is 0 Å². The summed E-state index contributed by atoms with van der Waals surface area (Å²) in [6.07, 6.45) is 2.19. The van der Waals surface area contributed by atoms with Gasteiger partial charge in [-0.25, -0.2) is 0 Å². The summed E-state index contributed by atoms with van der Waals surface area (Å²) in [7, 11) is 0. The van der Waals surface area contributed by atoms with Crippen LogP contribution in [-0.4, -0.2) is 25.6 Å². The smallest absolute Gasteiger partial charge is 0.191 e. The molecule has 1 aliphatic rings. The summed E-state index contributed by atoms with van der Waals surface area (Å²) in [4.78, 5) is 4.39. The van der Waals surface area contributed by atoms with Crippen LogP contribution < -0.4 is 10.6 Å².